The van der Waals surface area contributed by atoms with Crippen LogP contribution in [0.3, 0.4) is 0 Å². The number of rotatable bonds is 10. The fraction of sp³-hybridized carbons (Fsp3) is 0.900. The lowest BCUT2D eigenvalue weighted by Gasteiger charge is -1.99. The van der Waals surface area contributed by atoms with Crippen molar-refractivity contribution in [3.63, 3.8) is 0 Å². The Balaban J connectivity index is 2.92. The lowest BCUT2D eigenvalue weighted by Crippen LogP contribution is -1.99. The summed E-state index contributed by atoms with van der Waals surface area (Å²) in [5, 5.41) is 10.00. The Kier molecular flexibility index (Phi) is 9.48. The van der Waals surface area contributed by atoms with E-state index in [1.54, 1.807) is 0 Å². The first-order valence-corrected chi connectivity index (χ1v) is 5.31. The molecule has 0 heterocycles. The van der Waals surface area contributed by atoms with E-state index in [0.717, 1.165) is 32.2 Å². The minimum absolute atomic E-state index is 0.125. The third-order valence-corrected chi connectivity index (χ3v) is 2.16. The number of hydrogen-bond donors (Lipinski definition) is 0. The summed E-state index contributed by atoms with van der Waals surface area (Å²) < 4.78 is 0. The molecule has 0 aliphatic carbocycles. The zero-order chi connectivity index (χ0) is 10.6. The predicted molar refractivity (Wildman–Crippen MR) is 58.6 cm³/mol. The van der Waals surface area contributed by atoms with Crippen molar-refractivity contribution < 1.29 is 4.92 Å². The summed E-state index contributed by atoms with van der Waals surface area (Å²) in [5.41, 5.74) is 0. The molecule has 0 aromatic carbocycles. The fourth-order valence-corrected chi connectivity index (χ4v) is 1.35. The number of hydrogen-bond acceptors (Lipinski definition) is 3. The minimum Gasteiger partial charge on any atom is -0.301 e. The zero-order valence-electron chi connectivity index (χ0n) is 8.78. The summed E-state index contributed by atoms with van der Waals surface area (Å²) in [4.78, 5) is 13.5. The van der Waals surface area contributed by atoms with Crippen LogP contribution in [0.5, 0.6) is 0 Å². The third-order valence-electron chi connectivity index (χ3n) is 2.16. The summed E-state index contributed by atoms with van der Waals surface area (Å²) >= 11 is 0. The van der Waals surface area contributed by atoms with Gasteiger partial charge in [-0.05, 0) is 19.6 Å². The van der Waals surface area contributed by atoms with Crippen LogP contribution in [0.15, 0.2) is 4.99 Å². The van der Waals surface area contributed by atoms with E-state index in [2.05, 4.69) is 11.7 Å². The van der Waals surface area contributed by atoms with Crippen LogP contribution in [-0.2, 0) is 0 Å². The largest absolute Gasteiger partial charge is 0.301 e. The van der Waals surface area contributed by atoms with Crippen LogP contribution in [0.1, 0.15) is 44.9 Å². The molecule has 0 aromatic heterocycles. The van der Waals surface area contributed by atoms with Crippen LogP contribution in [-0.4, -0.2) is 24.7 Å². The summed E-state index contributed by atoms with van der Waals surface area (Å²) in [5.74, 6) is 0. The molecular formula is C10H20N2O2. The van der Waals surface area contributed by atoms with Crippen molar-refractivity contribution in [3.05, 3.63) is 10.1 Å². The second kappa shape index (κ2) is 10.2. The molecule has 0 unspecified atom stereocenters. The second-order valence-electron chi connectivity index (χ2n) is 3.48. The molecule has 0 atom stereocenters. The van der Waals surface area contributed by atoms with Crippen LogP contribution in [0.2, 0.25) is 0 Å². The molecule has 0 bridgehead atoms. The van der Waals surface area contributed by atoms with Gasteiger partial charge in [-0.15, -0.1) is 0 Å². The molecule has 0 saturated carbocycles. The van der Waals surface area contributed by atoms with E-state index in [-0.39, 0.29) is 11.5 Å². The molecule has 0 fully saturated rings. The highest BCUT2D eigenvalue weighted by atomic mass is 16.6. The lowest BCUT2D eigenvalue weighted by atomic mass is 10.1. The van der Waals surface area contributed by atoms with Crippen molar-refractivity contribution >= 4 is 6.72 Å². The van der Waals surface area contributed by atoms with Crippen LogP contribution in [0.4, 0.5) is 0 Å². The van der Waals surface area contributed by atoms with Crippen LogP contribution >= 0.6 is 0 Å². The van der Waals surface area contributed by atoms with Gasteiger partial charge in [0.05, 0.1) is 0 Å². The molecule has 82 valence electrons. The first kappa shape index (κ1) is 13.1. The van der Waals surface area contributed by atoms with E-state index >= 15 is 0 Å². The molecule has 0 aromatic rings. The molecule has 0 amide bonds. The predicted octanol–water partition coefficient (Wildman–Crippen LogP) is 2.69. The number of nitrogens with zero attached hydrogens (tertiary/aromatic N) is 2. The fourth-order valence-electron chi connectivity index (χ4n) is 1.35. The normalized spacial score (nSPS) is 10.0. The molecule has 0 rings (SSSR count). The summed E-state index contributed by atoms with van der Waals surface area (Å²) in [6.45, 7) is 4.41. The van der Waals surface area contributed by atoms with Crippen molar-refractivity contribution in [2.45, 2.75) is 44.9 Å². The summed E-state index contributed by atoms with van der Waals surface area (Å²) in [6, 6.07) is 0. The van der Waals surface area contributed by atoms with Crippen molar-refractivity contribution in [3.8, 4) is 0 Å². The number of aliphatic imine (C=N–C) groups is 1. The number of unbranched alkanes of at least 4 members (excludes halogenated alkanes) is 6. The van der Waals surface area contributed by atoms with Gasteiger partial charge in [-0.3, -0.25) is 10.1 Å². The van der Waals surface area contributed by atoms with E-state index in [9.17, 15) is 10.1 Å². The standard InChI is InChI=1S/C10H20N2O2/c1-11-9-7-5-3-2-4-6-8-10-12(13)14/h1-10H2. The van der Waals surface area contributed by atoms with E-state index in [1.807, 2.05) is 0 Å². The SMILES string of the molecule is C=NCCCCCCCCC[N+](=O)[O-]. The Morgan fingerprint density at radius 1 is 1.00 bits per heavy atom. The van der Waals surface area contributed by atoms with Gasteiger partial charge in [0, 0.05) is 17.9 Å². The van der Waals surface area contributed by atoms with Gasteiger partial charge in [0.1, 0.15) is 0 Å². The highest BCUT2D eigenvalue weighted by molar-refractivity contribution is 5.22. The first-order chi connectivity index (χ1) is 6.77. The van der Waals surface area contributed by atoms with Gasteiger partial charge in [0.2, 0.25) is 6.54 Å². The van der Waals surface area contributed by atoms with Crippen molar-refractivity contribution in [1.29, 1.82) is 0 Å². The molecule has 0 aliphatic rings. The van der Waals surface area contributed by atoms with Crippen molar-refractivity contribution in [1.82, 2.24) is 0 Å². The van der Waals surface area contributed by atoms with Gasteiger partial charge in [-0.2, -0.15) is 0 Å². The molecule has 14 heavy (non-hydrogen) atoms. The maximum Gasteiger partial charge on any atom is 0.203 e. The number of nitro groups is 1. The highest BCUT2D eigenvalue weighted by Crippen LogP contribution is 2.06. The van der Waals surface area contributed by atoms with Gasteiger partial charge in [0.15, 0.2) is 0 Å². The van der Waals surface area contributed by atoms with Crippen molar-refractivity contribution in [2.75, 3.05) is 13.1 Å². The van der Waals surface area contributed by atoms with Gasteiger partial charge >= 0.3 is 0 Å². The maximum absolute atomic E-state index is 10.00. The monoisotopic (exact) mass is 200 g/mol. The van der Waals surface area contributed by atoms with Gasteiger partial charge in [0.25, 0.3) is 0 Å². The van der Waals surface area contributed by atoms with Gasteiger partial charge < -0.3 is 4.99 Å². The van der Waals surface area contributed by atoms with E-state index < -0.39 is 0 Å². The van der Waals surface area contributed by atoms with Gasteiger partial charge in [-0.1, -0.05) is 25.7 Å². The van der Waals surface area contributed by atoms with Crippen LogP contribution < -0.4 is 0 Å². The smallest absolute Gasteiger partial charge is 0.203 e. The average Bonchev–Trinajstić information content (AvgIpc) is 2.15. The van der Waals surface area contributed by atoms with Gasteiger partial charge in [-0.25, -0.2) is 0 Å². The second-order valence-corrected chi connectivity index (χ2v) is 3.48. The van der Waals surface area contributed by atoms with E-state index in [0.29, 0.717) is 0 Å². The lowest BCUT2D eigenvalue weighted by molar-refractivity contribution is -0.480. The molecule has 4 heteroatoms. The zero-order valence-corrected chi connectivity index (χ0v) is 8.78. The summed E-state index contributed by atoms with van der Waals surface area (Å²) in [6.07, 6.45) is 7.56. The molecular weight excluding hydrogens is 180 g/mol. The Hall–Kier alpha value is -0.930. The van der Waals surface area contributed by atoms with E-state index in [4.69, 9.17) is 0 Å². The minimum atomic E-state index is -0.240. The molecule has 0 N–H and O–H groups in total. The average molecular weight is 200 g/mol. The van der Waals surface area contributed by atoms with Crippen LogP contribution in [0.25, 0.3) is 0 Å². The molecule has 4 nitrogen and oxygen atoms in total. The Morgan fingerprint density at radius 2 is 1.50 bits per heavy atom. The maximum atomic E-state index is 10.00. The Morgan fingerprint density at radius 3 is 2.00 bits per heavy atom. The molecule has 0 spiro atoms. The molecule has 0 radical (unpaired) electrons. The first-order valence-electron chi connectivity index (χ1n) is 5.31. The highest BCUT2D eigenvalue weighted by Gasteiger charge is 1.96. The Labute approximate surface area is 85.6 Å². The quantitative estimate of drug-likeness (QED) is 0.235. The topological polar surface area (TPSA) is 55.5 Å². The van der Waals surface area contributed by atoms with Crippen molar-refractivity contribution in [2.24, 2.45) is 4.99 Å². The molecule has 0 saturated heterocycles. The van der Waals surface area contributed by atoms with Crippen LogP contribution in [0, 0.1) is 10.1 Å². The van der Waals surface area contributed by atoms with E-state index in [1.165, 1.54) is 19.3 Å². The Bertz CT molecular complexity index is 160. The third kappa shape index (κ3) is 11.1. The molecule has 0 aliphatic heterocycles. The summed E-state index contributed by atoms with van der Waals surface area (Å²) in [7, 11) is 0.